The predicted octanol–water partition coefficient (Wildman–Crippen LogP) is 0.0940. The molecule has 0 saturated heterocycles. The van der Waals surface area contributed by atoms with Gasteiger partial charge in [0.05, 0.1) is 18.5 Å². The van der Waals surface area contributed by atoms with E-state index in [0.717, 1.165) is 12.8 Å². The van der Waals surface area contributed by atoms with Gasteiger partial charge in [-0.2, -0.15) is 5.10 Å². The van der Waals surface area contributed by atoms with Crippen molar-refractivity contribution in [1.29, 1.82) is 0 Å². The van der Waals surface area contributed by atoms with Crippen LogP contribution in [-0.2, 0) is 27.8 Å². The summed E-state index contributed by atoms with van der Waals surface area (Å²) in [5.41, 5.74) is 1.27. The number of carbonyl (C=O) groups is 2. The number of ether oxygens (including phenoxy) is 1. The summed E-state index contributed by atoms with van der Waals surface area (Å²) in [7, 11) is 2.90. The smallest absolute Gasteiger partial charge is 0.396 e. The summed E-state index contributed by atoms with van der Waals surface area (Å²) in [6.45, 7) is 1.91. The Balaban J connectivity index is 2.80. The molecule has 6 nitrogen and oxygen atoms in total. The fraction of sp³-hybridized carbons (Fsp3) is 0.444. The van der Waals surface area contributed by atoms with Crippen LogP contribution in [0.1, 0.15) is 12.6 Å². The van der Waals surface area contributed by atoms with Gasteiger partial charge >= 0.3 is 11.9 Å². The number of nitrogens with one attached hydrogen (secondary N) is 1. The topological polar surface area (TPSA) is 73.2 Å². The molecule has 15 heavy (non-hydrogen) atoms. The first kappa shape index (κ1) is 11.2. The molecule has 0 aliphatic rings. The lowest BCUT2D eigenvalue weighted by Crippen LogP contribution is -2.24. The van der Waals surface area contributed by atoms with Gasteiger partial charge < -0.3 is 10.1 Å². The molecular formula is C9H13N3O3. The number of carbonyl (C=O) groups excluding carboxylic acids is 2. The van der Waals surface area contributed by atoms with Gasteiger partial charge in [0.1, 0.15) is 0 Å². The van der Waals surface area contributed by atoms with Gasteiger partial charge in [-0.05, 0) is 6.42 Å². The maximum atomic E-state index is 11.2. The van der Waals surface area contributed by atoms with E-state index in [2.05, 4.69) is 15.2 Å². The maximum Gasteiger partial charge on any atom is 0.396 e. The van der Waals surface area contributed by atoms with E-state index in [-0.39, 0.29) is 0 Å². The van der Waals surface area contributed by atoms with Gasteiger partial charge in [-0.25, -0.2) is 4.79 Å². The molecule has 0 aromatic carbocycles. The molecule has 1 N–H and O–H groups in total. The zero-order valence-electron chi connectivity index (χ0n) is 8.90. The summed E-state index contributed by atoms with van der Waals surface area (Å²) < 4.78 is 5.86. The minimum Gasteiger partial charge on any atom is -0.462 e. The number of hydrogen-bond acceptors (Lipinski definition) is 4. The number of rotatable bonds is 2. The number of hydrogen-bond donors (Lipinski definition) is 1. The Morgan fingerprint density at radius 1 is 1.60 bits per heavy atom. The van der Waals surface area contributed by atoms with Crippen LogP contribution in [0.5, 0.6) is 0 Å². The zero-order chi connectivity index (χ0) is 11.4. The Hall–Kier alpha value is -1.85. The van der Waals surface area contributed by atoms with Gasteiger partial charge in [0.15, 0.2) is 0 Å². The first-order valence-corrected chi connectivity index (χ1v) is 4.50. The third kappa shape index (κ3) is 2.55. The molecule has 82 valence electrons. The zero-order valence-corrected chi connectivity index (χ0v) is 8.90. The molecule has 0 unspecified atom stereocenters. The van der Waals surface area contributed by atoms with E-state index in [1.54, 1.807) is 17.9 Å². The number of methoxy groups -OCH3 is 1. The van der Waals surface area contributed by atoms with Crippen LogP contribution >= 0.6 is 0 Å². The minimum atomic E-state index is -0.916. The van der Waals surface area contributed by atoms with Crippen molar-refractivity contribution in [3.05, 3.63) is 11.9 Å². The third-order valence-electron chi connectivity index (χ3n) is 1.86. The third-order valence-corrected chi connectivity index (χ3v) is 1.86. The Kier molecular flexibility index (Phi) is 3.43. The molecule has 0 aliphatic heterocycles. The van der Waals surface area contributed by atoms with E-state index in [1.165, 1.54) is 0 Å². The highest BCUT2D eigenvalue weighted by Gasteiger charge is 2.16. The Morgan fingerprint density at radius 2 is 2.27 bits per heavy atom. The molecule has 0 bridgehead atoms. The Bertz CT molecular complexity index is 384. The average molecular weight is 211 g/mol. The van der Waals surface area contributed by atoms with Crippen LogP contribution in [0.25, 0.3) is 0 Å². The summed E-state index contributed by atoms with van der Waals surface area (Å²) in [4.78, 5) is 22.1. The van der Waals surface area contributed by atoms with Gasteiger partial charge in [0, 0.05) is 13.2 Å². The predicted molar refractivity (Wildman–Crippen MR) is 53.2 cm³/mol. The highest BCUT2D eigenvalue weighted by atomic mass is 16.5. The molecule has 6 heteroatoms. The van der Waals surface area contributed by atoms with E-state index in [0.29, 0.717) is 12.1 Å². The number of nitrogens with zero attached hydrogens (tertiary/aromatic N) is 2. The molecule has 0 radical (unpaired) electrons. The molecular weight excluding hydrogens is 198 g/mol. The normalized spacial score (nSPS) is 9.80. The fourth-order valence-corrected chi connectivity index (χ4v) is 1.17. The number of amides is 1. The van der Waals surface area contributed by atoms with E-state index in [1.807, 2.05) is 6.92 Å². The summed E-state index contributed by atoms with van der Waals surface area (Å²) >= 11 is 0. The second-order valence-corrected chi connectivity index (χ2v) is 2.96. The van der Waals surface area contributed by atoms with E-state index >= 15 is 0 Å². The van der Waals surface area contributed by atoms with Crippen LogP contribution in [-0.4, -0.2) is 28.8 Å². The molecule has 1 aromatic heterocycles. The quantitative estimate of drug-likeness (QED) is 0.556. The van der Waals surface area contributed by atoms with Crippen LogP contribution in [0, 0.1) is 0 Å². The van der Waals surface area contributed by atoms with Crippen molar-refractivity contribution in [2.75, 3.05) is 12.4 Å². The minimum absolute atomic E-state index is 0.537. The fourth-order valence-electron chi connectivity index (χ4n) is 1.17. The van der Waals surface area contributed by atoms with Crippen molar-refractivity contribution in [2.24, 2.45) is 7.05 Å². The van der Waals surface area contributed by atoms with Gasteiger partial charge in [-0.15, -0.1) is 0 Å². The van der Waals surface area contributed by atoms with Gasteiger partial charge in [0.2, 0.25) is 0 Å². The summed E-state index contributed by atoms with van der Waals surface area (Å²) in [5, 5.41) is 6.55. The van der Waals surface area contributed by atoms with Crippen LogP contribution in [0.3, 0.4) is 0 Å². The largest absolute Gasteiger partial charge is 0.462 e. The molecule has 1 rings (SSSR count). The Labute approximate surface area is 87.2 Å². The first-order chi connectivity index (χ1) is 7.08. The molecule has 1 aromatic rings. The first-order valence-electron chi connectivity index (χ1n) is 4.50. The summed E-state index contributed by atoms with van der Waals surface area (Å²) in [5.74, 6) is -1.71. The molecule has 0 fully saturated rings. The van der Waals surface area contributed by atoms with Crippen molar-refractivity contribution in [1.82, 2.24) is 9.78 Å². The summed E-state index contributed by atoms with van der Waals surface area (Å²) in [6, 6.07) is 0. The van der Waals surface area contributed by atoms with Crippen molar-refractivity contribution in [3.63, 3.8) is 0 Å². The second kappa shape index (κ2) is 4.59. The standard InChI is InChI=1S/C9H13N3O3/c1-4-6-7(5-12(2)11-6)10-8(13)9(14)15-3/h5H,4H2,1-3H3,(H,10,13). The maximum absolute atomic E-state index is 11.2. The van der Waals surface area contributed by atoms with Crippen LogP contribution in [0.15, 0.2) is 6.20 Å². The highest BCUT2D eigenvalue weighted by Crippen LogP contribution is 2.13. The number of aryl methyl sites for hydroxylation is 2. The average Bonchev–Trinajstić information content (AvgIpc) is 2.57. The molecule has 1 amide bonds. The van der Waals surface area contributed by atoms with Gasteiger partial charge in [0.25, 0.3) is 0 Å². The number of aromatic nitrogens is 2. The lowest BCUT2D eigenvalue weighted by atomic mass is 10.3. The van der Waals surface area contributed by atoms with Crippen molar-refractivity contribution in [3.8, 4) is 0 Å². The van der Waals surface area contributed by atoms with E-state index < -0.39 is 11.9 Å². The Morgan fingerprint density at radius 3 is 2.80 bits per heavy atom. The second-order valence-electron chi connectivity index (χ2n) is 2.96. The van der Waals surface area contributed by atoms with Gasteiger partial charge in [-0.1, -0.05) is 6.92 Å². The lowest BCUT2D eigenvalue weighted by Gasteiger charge is -2.01. The number of anilines is 1. The lowest BCUT2D eigenvalue weighted by molar-refractivity contribution is -0.150. The van der Waals surface area contributed by atoms with E-state index in [4.69, 9.17) is 0 Å². The van der Waals surface area contributed by atoms with Gasteiger partial charge in [-0.3, -0.25) is 9.48 Å². The number of esters is 1. The van der Waals surface area contributed by atoms with Crippen molar-refractivity contribution in [2.45, 2.75) is 13.3 Å². The monoisotopic (exact) mass is 211 g/mol. The molecule has 0 aliphatic carbocycles. The van der Waals surface area contributed by atoms with E-state index in [9.17, 15) is 9.59 Å². The van der Waals surface area contributed by atoms with Crippen LogP contribution in [0.4, 0.5) is 5.69 Å². The summed E-state index contributed by atoms with van der Waals surface area (Å²) in [6.07, 6.45) is 2.32. The molecule has 0 spiro atoms. The van der Waals surface area contributed by atoms with Crippen molar-refractivity contribution >= 4 is 17.6 Å². The van der Waals surface area contributed by atoms with Crippen molar-refractivity contribution < 1.29 is 14.3 Å². The molecule has 0 saturated carbocycles. The molecule has 0 atom stereocenters. The van der Waals surface area contributed by atoms with Crippen LogP contribution in [0.2, 0.25) is 0 Å². The van der Waals surface area contributed by atoms with Crippen LogP contribution < -0.4 is 5.32 Å². The highest BCUT2D eigenvalue weighted by molar-refractivity contribution is 6.37. The SMILES string of the molecule is CCc1nn(C)cc1NC(=O)C(=O)OC. The molecule has 1 heterocycles.